The number of carbonyl (C=O) groups is 4. The van der Waals surface area contributed by atoms with Gasteiger partial charge in [0.15, 0.2) is 5.76 Å². The van der Waals surface area contributed by atoms with Crippen molar-refractivity contribution in [2.75, 3.05) is 51.1 Å². The maximum atomic E-state index is 13.1. The van der Waals surface area contributed by atoms with E-state index in [2.05, 4.69) is 10.6 Å². The number of carbonyl (C=O) groups excluding carboxylic acids is 4. The molecule has 0 unspecified atom stereocenters. The van der Waals surface area contributed by atoms with E-state index in [0.29, 0.717) is 55.0 Å². The molecule has 35 heavy (non-hydrogen) atoms. The Morgan fingerprint density at radius 1 is 1.06 bits per heavy atom. The molecule has 0 saturated carbocycles. The topological polar surface area (TPSA) is 115 Å². The van der Waals surface area contributed by atoms with E-state index in [9.17, 15) is 19.2 Å². The van der Waals surface area contributed by atoms with Crippen molar-refractivity contribution in [1.82, 2.24) is 20.0 Å². The fraction of sp³-hybridized carbons (Fsp3) is 0.391. The van der Waals surface area contributed by atoms with Crippen molar-refractivity contribution < 1.29 is 23.6 Å². The minimum Gasteiger partial charge on any atom is -0.459 e. The summed E-state index contributed by atoms with van der Waals surface area (Å²) in [7, 11) is 0. The lowest BCUT2D eigenvalue weighted by Crippen LogP contribution is -2.60. The number of halogens is 2. The zero-order valence-electron chi connectivity index (χ0n) is 18.8. The lowest BCUT2D eigenvalue weighted by Gasteiger charge is -2.38. The van der Waals surface area contributed by atoms with E-state index in [0.717, 1.165) is 0 Å². The molecule has 2 aromatic rings. The smallest absolute Gasteiger partial charge is 0.289 e. The number of nitrogens with one attached hydrogen (secondary N) is 2. The summed E-state index contributed by atoms with van der Waals surface area (Å²) in [5, 5.41) is 6.13. The van der Waals surface area contributed by atoms with Gasteiger partial charge in [0.2, 0.25) is 17.7 Å². The van der Waals surface area contributed by atoms with Crippen LogP contribution in [0.4, 0.5) is 5.69 Å². The van der Waals surface area contributed by atoms with E-state index in [4.69, 9.17) is 27.6 Å². The third-order valence-electron chi connectivity index (χ3n) is 5.93. The first-order chi connectivity index (χ1) is 16.8. The van der Waals surface area contributed by atoms with Crippen LogP contribution in [0.5, 0.6) is 0 Å². The van der Waals surface area contributed by atoms with Crippen molar-refractivity contribution in [3.8, 4) is 0 Å². The van der Waals surface area contributed by atoms with Gasteiger partial charge in [0.1, 0.15) is 6.04 Å². The van der Waals surface area contributed by atoms with Gasteiger partial charge in [-0.3, -0.25) is 24.1 Å². The highest BCUT2D eigenvalue weighted by Crippen LogP contribution is 2.23. The van der Waals surface area contributed by atoms with Crippen LogP contribution < -0.4 is 10.6 Å². The molecule has 186 valence electrons. The van der Waals surface area contributed by atoms with Gasteiger partial charge in [0.25, 0.3) is 5.91 Å². The summed E-state index contributed by atoms with van der Waals surface area (Å²) in [5.74, 6) is -0.948. The molecule has 2 aliphatic heterocycles. The second-order valence-corrected chi connectivity index (χ2v) is 9.22. The molecular formula is C23H25Cl2N5O5. The Labute approximate surface area is 212 Å². The van der Waals surface area contributed by atoms with Crippen LogP contribution in [0.1, 0.15) is 17.0 Å². The quantitative estimate of drug-likeness (QED) is 0.597. The molecule has 1 atom stereocenters. The maximum Gasteiger partial charge on any atom is 0.289 e. The summed E-state index contributed by atoms with van der Waals surface area (Å²) in [6, 6.07) is 7.00. The van der Waals surface area contributed by atoms with Gasteiger partial charge in [0.05, 0.1) is 19.2 Å². The normalized spacial score (nSPS) is 18.8. The van der Waals surface area contributed by atoms with E-state index < -0.39 is 11.9 Å². The van der Waals surface area contributed by atoms with E-state index >= 15 is 0 Å². The highest BCUT2D eigenvalue weighted by molar-refractivity contribution is 6.35. The van der Waals surface area contributed by atoms with Gasteiger partial charge in [-0.2, -0.15) is 0 Å². The number of rotatable bonds is 6. The number of nitrogens with zero attached hydrogens (tertiary/aromatic N) is 3. The molecule has 2 fully saturated rings. The lowest BCUT2D eigenvalue weighted by atomic mass is 10.1. The van der Waals surface area contributed by atoms with Crippen LogP contribution in [0.25, 0.3) is 0 Å². The van der Waals surface area contributed by atoms with E-state index in [1.54, 1.807) is 35.2 Å². The van der Waals surface area contributed by atoms with Crippen LogP contribution >= 0.6 is 23.2 Å². The number of piperazine rings is 2. The Morgan fingerprint density at radius 2 is 1.77 bits per heavy atom. The Morgan fingerprint density at radius 3 is 2.43 bits per heavy atom. The van der Waals surface area contributed by atoms with Crippen molar-refractivity contribution in [3.63, 3.8) is 0 Å². The van der Waals surface area contributed by atoms with Crippen molar-refractivity contribution in [1.29, 1.82) is 0 Å². The molecule has 0 bridgehead atoms. The molecule has 2 aliphatic rings. The second kappa shape index (κ2) is 11.1. The van der Waals surface area contributed by atoms with Gasteiger partial charge in [-0.25, -0.2) is 0 Å². The summed E-state index contributed by atoms with van der Waals surface area (Å²) < 4.78 is 5.17. The number of anilines is 1. The van der Waals surface area contributed by atoms with Crippen LogP contribution in [-0.4, -0.2) is 90.2 Å². The molecule has 0 spiro atoms. The van der Waals surface area contributed by atoms with Crippen molar-refractivity contribution >= 4 is 52.5 Å². The fourth-order valence-corrected chi connectivity index (χ4v) is 4.70. The standard InChI is InChI=1S/C23H25Cl2N5O5/c24-15-10-16(25)12-17(11-15)27-20(31)13-18-22(33)26-3-4-30(18)21(32)14-28-5-7-29(8-6-28)23(34)19-2-1-9-35-19/h1-2,9-12,18H,3-8,13-14H2,(H,26,33)(H,27,31)/t18-/m1/s1. The Hall–Kier alpha value is -3.08. The largest absolute Gasteiger partial charge is 0.459 e. The van der Waals surface area contributed by atoms with Crippen molar-refractivity contribution in [3.05, 3.63) is 52.4 Å². The molecular weight excluding hydrogens is 497 g/mol. The van der Waals surface area contributed by atoms with Gasteiger partial charge in [-0.1, -0.05) is 23.2 Å². The van der Waals surface area contributed by atoms with Gasteiger partial charge < -0.3 is 24.9 Å². The monoisotopic (exact) mass is 521 g/mol. The summed E-state index contributed by atoms with van der Waals surface area (Å²) in [5.41, 5.74) is 0.406. The number of furan rings is 1. The summed E-state index contributed by atoms with van der Waals surface area (Å²) in [6.07, 6.45) is 1.25. The first kappa shape index (κ1) is 25.0. The van der Waals surface area contributed by atoms with Gasteiger partial charge in [0, 0.05) is 55.0 Å². The van der Waals surface area contributed by atoms with Gasteiger partial charge >= 0.3 is 0 Å². The van der Waals surface area contributed by atoms with Crippen LogP contribution in [0.15, 0.2) is 41.0 Å². The molecule has 3 heterocycles. The highest BCUT2D eigenvalue weighted by atomic mass is 35.5. The Kier molecular flexibility index (Phi) is 7.94. The fourth-order valence-electron chi connectivity index (χ4n) is 4.18. The molecule has 1 aromatic carbocycles. The molecule has 0 radical (unpaired) electrons. The second-order valence-electron chi connectivity index (χ2n) is 8.35. The number of hydrogen-bond acceptors (Lipinski definition) is 6. The zero-order chi connectivity index (χ0) is 24.9. The number of amides is 4. The summed E-state index contributed by atoms with van der Waals surface area (Å²) >= 11 is 11.9. The Balaban J connectivity index is 1.32. The van der Waals surface area contributed by atoms with Crippen molar-refractivity contribution in [2.24, 2.45) is 0 Å². The average molecular weight is 522 g/mol. The van der Waals surface area contributed by atoms with Crippen molar-refractivity contribution in [2.45, 2.75) is 12.5 Å². The minimum absolute atomic E-state index is 0.0953. The third-order valence-corrected chi connectivity index (χ3v) is 6.36. The SMILES string of the molecule is O=C(C[C@@H]1C(=O)NCCN1C(=O)CN1CCN(C(=O)c2ccco2)CC1)Nc1cc(Cl)cc(Cl)c1. The van der Waals surface area contributed by atoms with Crippen LogP contribution in [0.2, 0.25) is 10.0 Å². The third kappa shape index (κ3) is 6.33. The van der Waals surface area contributed by atoms with E-state index in [-0.39, 0.29) is 36.4 Å². The molecule has 1 aromatic heterocycles. The highest BCUT2D eigenvalue weighted by Gasteiger charge is 2.35. The molecule has 2 saturated heterocycles. The first-order valence-corrected chi connectivity index (χ1v) is 11.9. The molecule has 4 rings (SSSR count). The minimum atomic E-state index is -0.923. The molecule has 2 N–H and O–H groups in total. The molecule has 12 heteroatoms. The van der Waals surface area contributed by atoms with Crippen LogP contribution in [0.3, 0.4) is 0 Å². The lowest BCUT2D eigenvalue weighted by molar-refractivity contribution is -0.145. The number of hydrogen-bond donors (Lipinski definition) is 2. The Bertz CT molecular complexity index is 1080. The summed E-state index contributed by atoms with van der Waals surface area (Å²) in [6.45, 7) is 2.67. The van der Waals surface area contributed by atoms with Gasteiger partial charge in [-0.15, -0.1) is 0 Å². The van der Waals surface area contributed by atoms with Crippen LogP contribution in [-0.2, 0) is 14.4 Å². The van der Waals surface area contributed by atoms with E-state index in [1.807, 2.05) is 4.90 Å². The molecule has 10 nitrogen and oxygen atoms in total. The zero-order valence-corrected chi connectivity index (χ0v) is 20.3. The first-order valence-electron chi connectivity index (χ1n) is 11.2. The maximum absolute atomic E-state index is 13.1. The number of benzene rings is 1. The van der Waals surface area contributed by atoms with Crippen LogP contribution in [0, 0.1) is 0 Å². The van der Waals surface area contributed by atoms with E-state index in [1.165, 1.54) is 11.2 Å². The molecule has 0 aliphatic carbocycles. The van der Waals surface area contributed by atoms with Gasteiger partial charge in [-0.05, 0) is 30.3 Å². The predicted octanol–water partition coefficient (Wildman–Crippen LogP) is 1.70. The predicted molar refractivity (Wildman–Crippen MR) is 129 cm³/mol. The average Bonchev–Trinajstić information content (AvgIpc) is 3.34. The molecule has 4 amide bonds. The summed E-state index contributed by atoms with van der Waals surface area (Å²) in [4.78, 5) is 55.8.